The third-order valence-corrected chi connectivity index (χ3v) is 7.25. The first-order valence-electron chi connectivity index (χ1n) is 12.2. The summed E-state index contributed by atoms with van der Waals surface area (Å²) in [6.07, 6.45) is 1.12. The molecule has 38 heavy (non-hydrogen) atoms. The molecule has 2 aromatic carbocycles. The number of carboxylic acids is 1. The van der Waals surface area contributed by atoms with Crippen molar-refractivity contribution >= 4 is 34.2 Å². The number of pyridine rings is 1. The highest BCUT2D eigenvalue weighted by atomic mass is 35.5. The normalized spacial score (nSPS) is 14.8. The van der Waals surface area contributed by atoms with E-state index >= 15 is 4.39 Å². The zero-order chi connectivity index (χ0) is 27.7. The summed E-state index contributed by atoms with van der Waals surface area (Å²) in [6.45, 7) is 5.06. The van der Waals surface area contributed by atoms with Gasteiger partial charge in [0.1, 0.15) is 22.2 Å². The third kappa shape index (κ3) is 5.08. The van der Waals surface area contributed by atoms with Gasteiger partial charge in [-0.3, -0.25) is 4.79 Å². The third-order valence-electron chi connectivity index (χ3n) is 6.91. The summed E-state index contributed by atoms with van der Waals surface area (Å²) in [5, 5.41) is 19.1. The summed E-state index contributed by atoms with van der Waals surface area (Å²) >= 11 is 6.04. The number of carboxylic acid groups (broad SMARTS) is 1. The lowest BCUT2D eigenvalue weighted by Gasteiger charge is -2.30. The smallest absolute Gasteiger partial charge is 0.341 e. The molecule has 1 aromatic heterocycles. The van der Waals surface area contributed by atoms with Gasteiger partial charge in [-0.25, -0.2) is 13.6 Å². The Labute approximate surface area is 223 Å². The molecule has 0 radical (unpaired) electrons. The monoisotopic (exact) mass is 550 g/mol. The minimum atomic E-state index is -1.41. The van der Waals surface area contributed by atoms with Gasteiger partial charge in [0.25, 0.3) is 0 Å². The van der Waals surface area contributed by atoms with E-state index in [2.05, 4.69) is 0 Å². The number of halogens is 3. The average molecular weight is 551 g/mol. The van der Waals surface area contributed by atoms with Crippen LogP contribution in [0.4, 0.5) is 14.5 Å². The Kier molecular flexibility index (Phi) is 8.25. The van der Waals surface area contributed by atoms with Gasteiger partial charge in [-0.2, -0.15) is 0 Å². The van der Waals surface area contributed by atoms with Crippen LogP contribution in [-0.2, 0) is 11.2 Å². The van der Waals surface area contributed by atoms with Gasteiger partial charge < -0.3 is 29.2 Å². The molecule has 1 aliphatic rings. The zero-order valence-electron chi connectivity index (χ0n) is 21.3. The number of carbonyl (C=O) groups is 1. The number of aliphatic hydroxyl groups excluding tert-OH is 1. The van der Waals surface area contributed by atoms with Gasteiger partial charge in [0.05, 0.1) is 44.2 Å². The summed E-state index contributed by atoms with van der Waals surface area (Å²) in [5.74, 6) is -2.98. The number of fused-ring (bicyclic) bond motifs is 1. The predicted molar refractivity (Wildman–Crippen MR) is 140 cm³/mol. The van der Waals surface area contributed by atoms with Crippen molar-refractivity contribution in [3.8, 4) is 5.75 Å². The van der Waals surface area contributed by atoms with Crippen molar-refractivity contribution in [2.24, 2.45) is 5.92 Å². The quantitative estimate of drug-likeness (QED) is 0.404. The highest BCUT2D eigenvalue weighted by Crippen LogP contribution is 2.35. The molecule has 0 aliphatic carbocycles. The van der Waals surface area contributed by atoms with E-state index in [4.69, 9.17) is 21.1 Å². The molecule has 11 heteroatoms. The lowest BCUT2D eigenvalue weighted by Crippen LogP contribution is -2.37. The predicted octanol–water partition coefficient (Wildman–Crippen LogP) is 4.26. The number of aromatic carboxylic acids is 1. The van der Waals surface area contributed by atoms with E-state index in [9.17, 15) is 24.2 Å². The van der Waals surface area contributed by atoms with Crippen LogP contribution in [0.2, 0.25) is 5.02 Å². The number of aromatic nitrogens is 1. The van der Waals surface area contributed by atoms with Gasteiger partial charge in [-0.15, -0.1) is 0 Å². The van der Waals surface area contributed by atoms with Gasteiger partial charge in [0, 0.05) is 37.2 Å². The maximum Gasteiger partial charge on any atom is 0.341 e. The standard InChI is InChI=1S/C27H29ClF2N2O6/c1-14(2)21(13-33)32-12-18(27(35)36)26(34)17-9-15(22(37-3)11-19(17)32)8-16-10-20(25(30)23(28)24(16)29)31-4-6-38-7-5-31/h9-12,14,21,33H,4-8,13H2,1-3H3,(H,35,36). The molecule has 1 unspecified atom stereocenters. The fraction of sp³-hybridized carbons (Fsp3) is 0.407. The fourth-order valence-corrected chi connectivity index (χ4v) is 5.02. The van der Waals surface area contributed by atoms with Crippen LogP contribution < -0.4 is 15.1 Å². The molecule has 0 saturated carbocycles. The summed E-state index contributed by atoms with van der Waals surface area (Å²) in [7, 11) is 1.41. The summed E-state index contributed by atoms with van der Waals surface area (Å²) < 4.78 is 42.5. The molecular weight excluding hydrogens is 522 g/mol. The maximum atomic E-state index is 15.2. The molecule has 4 rings (SSSR count). The summed E-state index contributed by atoms with van der Waals surface area (Å²) in [6, 6.07) is 3.89. The first-order chi connectivity index (χ1) is 18.1. The number of nitrogens with zero attached hydrogens (tertiary/aromatic N) is 2. The van der Waals surface area contributed by atoms with E-state index in [0.29, 0.717) is 43.1 Å². The number of hydrogen-bond acceptors (Lipinski definition) is 6. The molecule has 0 bridgehead atoms. The minimum Gasteiger partial charge on any atom is -0.496 e. The van der Waals surface area contributed by atoms with E-state index in [0.717, 1.165) is 0 Å². The van der Waals surface area contributed by atoms with Crippen molar-refractivity contribution in [3.63, 3.8) is 0 Å². The lowest BCUT2D eigenvalue weighted by molar-refractivity contribution is 0.0694. The van der Waals surface area contributed by atoms with E-state index in [1.165, 1.54) is 25.4 Å². The lowest BCUT2D eigenvalue weighted by atomic mass is 9.98. The molecule has 0 amide bonds. The Bertz CT molecular complexity index is 1440. The SMILES string of the molecule is COc1cc2c(cc1Cc1cc(N3CCOCC3)c(F)c(Cl)c1F)c(=O)c(C(=O)O)cn2C(CO)C(C)C. The van der Waals surface area contributed by atoms with Crippen LogP contribution in [-0.4, -0.2) is 60.8 Å². The molecule has 1 aliphatic heterocycles. The van der Waals surface area contributed by atoms with Crippen LogP contribution in [0.3, 0.4) is 0 Å². The number of ether oxygens (including phenoxy) is 2. The fourth-order valence-electron chi connectivity index (χ4n) is 4.81. The topological polar surface area (TPSA) is 101 Å². The number of anilines is 1. The minimum absolute atomic E-state index is 0.0711. The van der Waals surface area contributed by atoms with E-state index < -0.39 is 39.7 Å². The number of rotatable bonds is 8. The number of methoxy groups -OCH3 is 1. The Morgan fingerprint density at radius 3 is 2.42 bits per heavy atom. The molecule has 1 atom stereocenters. The molecule has 0 spiro atoms. The summed E-state index contributed by atoms with van der Waals surface area (Å²) in [5.41, 5.74) is -0.211. The molecule has 204 valence electrons. The van der Waals surface area contributed by atoms with Gasteiger partial charge >= 0.3 is 5.97 Å². The van der Waals surface area contributed by atoms with Gasteiger partial charge in [0.15, 0.2) is 5.82 Å². The number of aliphatic hydroxyl groups is 1. The Morgan fingerprint density at radius 2 is 1.84 bits per heavy atom. The highest BCUT2D eigenvalue weighted by molar-refractivity contribution is 6.31. The largest absolute Gasteiger partial charge is 0.496 e. The van der Waals surface area contributed by atoms with Crippen LogP contribution in [0.1, 0.15) is 41.4 Å². The summed E-state index contributed by atoms with van der Waals surface area (Å²) in [4.78, 5) is 26.8. The molecule has 1 saturated heterocycles. The number of benzene rings is 2. The van der Waals surface area contributed by atoms with Crippen LogP contribution in [0, 0.1) is 17.6 Å². The van der Waals surface area contributed by atoms with Crippen molar-refractivity contribution in [2.75, 3.05) is 44.9 Å². The molecule has 2 N–H and O–H groups in total. The van der Waals surface area contributed by atoms with Crippen molar-refractivity contribution in [1.82, 2.24) is 4.57 Å². The molecule has 1 fully saturated rings. The van der Waals surface area contributed by atoms with Crippen molar-refractivity contribution in [3.05, 3.63) is 68.0 Å². The van der Waals surface area contributed by atoms with Crippen LogP contribution >= 0.6 is 11.6 Å². The maximum absolute atomic E-state index is 15.2. The average Bonchev–Trinajstić information content (AvgIpc) is 2.90. The van der Waals surface area contributed by atoms with Crippen molar-refractivity contribution in [1.29, 1.82) is 0 Å². The number of hydrogen-bond donors (Lipinski definition) is 2. The second-order valence-corrected chi connectivity index (χ2v) is 9.91. The van der Waals surface area contributed by atoms with Gasteiger partial charge in [-0.05, 0) is 29.2 Å². The molecule has 3 aromatic rings. The van der Waals surface area contributed by atoms with Gasteiger partial charge in [-0.1, -0.05) is 25.4 Å². The van der Waals surface area contributed by atoms with E-state index in [1.54, 1.807) is 15.5 Å². The first-order valence-corrected chi connectivity index (χ1v) is 12.6. The second-order valence-electron chi connectivity index (χ2n) is 9.53. The molecular formula is C27H29ClF2N2O6. The first kappa shape index (κ1) is 27.8. The molecule has 2 heterocycles. The Hall–Kier alpha value is -3.21. The Balaban J connectivity index is 1.91. The van der Waals surface area contributed by atoms with E-state index in [1.807, 2.05) is 13.8 Å². The number of morpholine rings is 1. The van der Waals surface area contributed by atoms with Crippen LogP contribution in [0.5, 0.6) is 5.75 Å². The van der Waals surface area contributed by atoms with Crippen molar-refractivity contribution < 1.29 is 33.3 Å². The van der Waals surface area contributed by atoms with Crippen molar-refractivity contribution in [2.45, 2.75) is 26.3 Å². The molecule has 8 nitrogen and oxygen atoms in total. The zero-order valence-corrected chi connectivity index (χ0v) is 22.0. The second kappa shape index (κ2) is 11.3. The highest BCUT2D eigenvalue weighted by Gasteiger charge is 2.25. The van der Waals surface area contributed by atoms with Gasteiger partial charge in [0.2, 0.25) is 5.43 Å². The van der Waals surface area contributed by atoms with Crippen LogP contribution in [0.25, 0.3) is 10.9 Å². The Morgan fingerprint density at radius 1 is 1.16 bits per heavy atom. The van der Waals surface area contributed by atoms with Crippen LogP contribution in [0.15, 0.2) is 29.2 Å². The van der Waals surface area contributed by atoms with E-state index in [-0.39, 0.29) is 35.6 Å².